The molecule has 0 spiro atoms. The molecule has 0 bridgehead atoms. The summed E-state index contributed by atoms with van der Waals surface area (Å²) >= 11 is 0. The molecule has 2 atom stereocenters. The molecule has 0 aliphatic heterocycles. The summed E-state index contributed by atoms with van der Waals surface area (Å²) in [6, 6.07) is 3.56. The highest BCUT2D eigenvalue weighted by Gasteiger charge is 2.36. The van der Waals surface area contributed by atoms with E-state index in [1.54, 1.807) is 7.05 Å². The molecular formula is C14H22F2N2. The van der Waals surface area contributed by atoms with Crippen molar-refractivity contribution in [3.63, 3.8) is 0 Å². The molecule has 2 nitrogen and oxygen atoms in total. The normalized spacial score (nSPS) is 16.7. The van der Waals surface area contributed by atoms with Crippen molar-refractivity contribution in [2.24, 2.45) is 0 Å². The first-order valence-electron chi connectivity index (χ1n) is 6.16. The molecule has 0 radical (unpaired) electrons. The quantitative estimate of drug-likeness (QED) is 0.871. The van der Waals surface area contributed by atoms with E-state index in [-0.39, 0.29) is 11.6 Å². The number of halogens is 2. The van der Waals surface area contributed by atoms with Crippen molar-refractivity contribution in [1.82, 2.24) is 10.2 Å². The van der Waals surface area contributed by atoms with Gasteiger partial charge in [0.15, 0.2) is 0 Å². The predicted molar refractivity (Wildman–Crippen MR) is 70.5 cm³/mol. The van der Waals surface area contributed by atoms with E-state index < -0.39 is 11.6 Å². The van der Waals surface area contributed by atoms with Gasteiger partial charge in [-0.3, -0.25) is 0 Å². The van der Waals surface area contributed by atoms with Crippen molar-refractivity contribution >= 4 is 0 Å². The Hall–Kier alpha value is -1.00. The highest BCUT2D eigenvalue weighted by molar-refractivity contribution is 5.25. The zero-order valence-electron chi connectivity index (χ0n) is 11.7. The predicted octanol–water partition coefficient (Wildman–Crippen LogP) is 2.96. The third-order valence-corrected chi connectivity index (χ3v) is 3.92. The Labute approximate surface area is 108 Å². The average molecular weight is 256 g/mol. The first kappa shape index (κ1) is 15.1. The summed E-state index contributed by atoms with van der Waals surface area (Å²) < 4.78 is 26.9. The van der Waals surface area contributed by atoms with E-state index >= 15 is 0 Å². The van der Waals surface area contributed by atoms with Crippen molar-refractivity contribution in [1.29, 1.82) is 0 Å². The lowest BCUT2D eigenvalue weighted by Crippen LogP contribution is -2.50. The van der Waals surface area contributed by atoms with Crippen LogP contribution >= 0.6 is 0 Å². The molecule has 0 fully saturated rings. The Balaban J connectivity index is 3.24. The molecule has 18 heavy (non-hydrogen) atoms. The summed E-state index contributed by atoms with van der Waals surface area (Å²) in [7, 11) is 5.73. The molecule has 2 unspecified atom stereocenters. The highest BCUT2D eigenvalue weighted by Crippen LogP contribution is 2.33. The van der Waals surface area contributed by atoms with Crippen LogP contribution in [0.1, 0.15) is 31.9 Å². The van der Waals surface area contributed by atoms with Crippen molar-refractivity contribution in [2.45, 2.75) is 31.8 Å². The molecule has 1 rings (SSSR count). The van der Waals surface area contributed by atoms with Crippen molar-refractivity contribution in [3.05, 3.63) is 35.4 Å². The molecule has 0 heterocycles. The molecule has 1 aromatic rings. The summed E-state index contributed by atoms with van der Waals surface area (Å²) in [4.78, 5) is 2.07. The lowest BCUT2D eigenvalue weighted by atomic mass is 9.83. The van der Waals surface area contributed by atoms with Gasteiger partial charge in [0.25, 0.3) is 0 Å². The largest absolute Gasteiger partial charge is 0.311 e. The summed E-state index contributed by atoms with van der Waals surface area (Å²) in [6.45, 7) is 4.13. The molecule has 1 aromatic carbocycles. The second kappa shape index (κ2) is 5.76. The van der Waals surface area contributed by atoms with Gasteiger partial charge < -0.3 is 10.2 Å². The summed E-state index contributed by atoms with van der Waals surface area (Å²) in [6.07, 6.45) is 0.850. The van der Waals surface area contributed by atoms with Gasteiger partial charge in [-0.1, -0.05) is 13.0 Å². The number of rotatable bonds is 5. The summed E-state index contributed by atoms with van der Waals surface area (Å²) in [5.74, 6) is -1.05. The third-order valence-electron chi connectivity index (χ3n) is 3.92. The van der Waals surface area contributed by atoms with Crippen LogP contribution in [0.15, 0.2) is 18.2 Å². The van der Waals surface area contributed by atoms with Gasteiger partial charge in [-0.25, -0.2) is 8.78 Å². The molecule has 0 amide bonds. The number of hydrogen-bond donors (Lipinski definition) is 1. The number of nitrogens with zero attached hydrogens (tertiary/aromatic N) is 1. The second-order valence-electron chi connectivity index (χ2n) is 4.99. The Morgan fingerprint density at radius 2 is 1.94 bits per heavy atom. The van der Waals surface area contributed by atoms with E-state index in [0.717, 1.165) is 12.5 Å². The van der Waals surface area contributed by atoms with Crippen LogP contribution in [0.4, 0.5) is 8.78 Å². The fourth-order valence-corrected chi connectivity index (χ4v) is 2.32. The Morgan fingerprint density at radius 3 is 2.33 bits per heavy atom. The maximum absolute atomic E-state index is 13.9. The van der Waals surface area contributed by atoms with Crippen LogP contribution in [0.2, 0.25) is 0 Å². The number of likely N-dealkylation sites (N-methyl/N-ethyl adjacent to an activating group) is 2. The number of nitrogens with one attached hydrogen (secondary N) is 1. The van der Waals surface area contributed by atoms with Crippen LogP contribution in [0.25, 0.3) is 0 Å². The van der Waals surface area contributed by atoms with Gasteiger partial charge in [-0.2, -0.15) is 0 Å². The first-order chi connectivity index (χ1) is 8.36. The Bertz CT molecular complexity index is 407. The second-order valence-corrected chi connectivity index (χ2v) is 4.99. The third kappa shape index (κ3) is 2.70. The molecule has 0 saturated carbocycles. The monoisotopic (exact) mass is 256 g/mol. The van der Waals surface area contributed by atoms with Gasteiger partial charge >= 0.3 is 0 Å². The smallest absolute Gasteiger partial charge is 0.130 e. The van der Waals surface area contributed by atoms with Crippen LogP contribution in [0.5, 0.6) is 0 Å². The van der Waals surface area contributed by atoms with Crippen LogP contribution in [0, 0.1) is 11.6 Å². The molecule has 0 aliphatic rings. The van der Waals surface area contributed by atoms with Gasteiger partial charge in [0, 0.05) is 17.2 Å². The zero-order chi connectivity index (χ0) is 13.9. The van der Waals surface area contributed by atoms with Gasteiger partial charge in [0.1, 0.15) is 11.6 Å². The van der Waals surface area contributed by atoms with Crippen molar-refractivity contribution < 1.29 is 8.78 Å². The lowest BCUT2D eigenvalue weighted by molar-refractivity contribution is 0.115. The van der Waals surface area contributed by atoms with Crippen molar-refractivity contribution in [2.75, 3.05) is 21.1 Å². The standard InChI is InChI=1S/C14H22F2N2/c1-6-14(2,18(4)5)13(17-3)11-8-7-10(15)9-12(11)16/h7-9,13,17H,6H2,1-5H3. The summed E-state index contributed by atoms with van der Waals surface area (Å²) in [5, 5.41) is 3.15. The molecule has 0 saturated heterocycles. The first-order valence-corrected chi connectivity index (χ1v) is 6.16. The van der Waals surface area contributed by atoms with Crippen LogP contribution < -0.4 is 5.32 Å². The topological polar surface area (TPSA) is 15.3 Å². The van der Waals surface area contributed by atoms with E-state index in [4.69, 9.17) is 0 Å². The SMILES string of the molecule is CCC(C)(C(NC)c1ccc(F)cc1F)N(C)C. The minimum atomic E-state index is -0.547. The van der Waals surface area contributed by atoms with Gasteiger partial charge in [-0.05, 0) is 40.6 Å². The van der Waals surface area contributed by atoms with Gasteiger partial charge in [0.2, 0.25) is 0 Å². The summed E-state index contributed by atoms with van der Waals surface area (Å²) in [5.41, 5.74) is 0.255. The molecule has 0 aliphatic carbocycles. The fourth-order valence-electron chi connectivity index (χ4n) is 2.32. The maximum atomic E-state index is 13.9. The van der Waals surface area contributed by atoms with E-state index in [1.165, 1.54) is 12.1 Å². The van der Waals surface area contributed by atoms with Crippen LogP contribution in [-0.2, 0) is 0 Å². The van der Waals surface area contributed by atoms with Crippen molar-refractivity contribution in [3.8, 4) is 0 Å². The molecule has 102 valence electrons. The Morgan fingerprint density at radius 1 is 1.33 bits per heavy atom. The number of hydrogen-bond acceptors (Lipinski definition) is 2. The van der Waals surface area contributed by atoms with E-state index in [0.29, 0.717) is 5.56 Å². The van der Waals surface area contributed by atoms with E-state index in [2.05, 4.69) is 24.1 Å². The zero-order valence-corrected chi connectivity index (χ0v) is 11.7. The molecule has 1 N–H and O–H groups in total. The number of benzene rings is 1. The van der Waals surface area contributed by atoms with Crippen LogP contribution in [0.3, 0.4) is 0 Å². The fraction of sp³-hybridized carbons (Fsp3) is 0.571. The lowest BCUT2D eigenvalue weighted by Gasteiger charge is -2.43. The maximum Gasteiger partial charge on any atom is 0.130 e. The van der Waals surface area contributed by atoms with E-state index in [1.807, 2.05) is 14.1 Å². The van der Waals surface area contributed by atoms with Gasteiger partial charge in [-0.15, -0.1) is 0 Å². The van der Waals surface area contributed by atoms with Gasteiger partial charge in [0.05, 0.1) is 6.04 Å². The average Bonchev–Trinajstić information content (AvgIpc) is 2.32. The van der Waals surface area contributed by atoms with E-state index in [9.17, 15) is 8.78 Å². The highest BCUT2D eigenvalue weighted by atomic mass is 19.1. The minimum absolute atomic E-state index is 0.196. The Kier molecular flexibility index (Phi) is 4.82. The molecule has 4 heteroatoms. The molecular weight excluding hydrogens is 234 g/mol. The minimum Gasteiger partial charge on any atom is -0.311 e. The molecule has 0 aromatic heterocycles. The van der Waals surface area contributed by atoms with Crippen LogP contribution in [-0.4, -0.2) is 31.6 Å².